The smallest absolute Gasteiger partial charge is 0.315 e. The molecule has 0 fully saturated rings. The van der Waals surface area contributed by atoms with Crippen LogP contribution in [0.2, 0.25) is 0 Å². The molecule has 0 radical (unpaired) electrons. The largest absolute Gasteiger partial charge is 0.497 e. The summed E-state index contributed by atoms with van der Waals surface area (Å²) in [6.45, 7) is 6.38. The van der Waals surface area contributed by atoms with Crippen LogP contribution in [-0.2, 0) is 4.79 Å². The molecule has 2 rings (SSSR count). The molecular formula is C19H27N5O3S. The minimum absolute atomic E-state index is 0.0779. The van der Waals surface area contributed by atoms with Crippen molar-refractivity contribution < 1.29 is 14.3 Å². The van der Waals surface area contributed by atoms with Gasteiger partial charge in [-0.15, -0.1) is 10.2 Å². The third kappa shape index (κ3) is 6.19. The van der Waals surface area contributed by atoms with Crippen LogP contribution in [0, 0.1) is 5.92 Å². The molecule has 0 aliphatic heterocycles. The molecule has 0 saturated carbocycles. The number of unbranched alkanes of at least 4 members (excludes halogenated alkanes) is 1. The molecule has 9 heteroatoms. The Kier molecular flexibility index (Phi) is 8.19. The first-order chi connectivity index (χ1) is 13.4. The maximum absolute atomic E-state index is 12.6. The van der Waals surface area contributed by atoms with Gasteiger partial charge in [0.1, 0.15) is 16.8 Å². The molecule has 3 amide bonds. The predicted molar refractivity (Wildman–Crippen MR) is 111 cm³/mol. The van der Waals surface area contributed by atoms with E-state index < -0.39 is 6.04 Å². The van der Waals surface area contributed by atoms with Crippen LogP contribution >= 0.6 is 11.3 Å². The van der Waals surface area contributed by atoms with Gasteiger partial charge in [-0.3, -0.25) is 10.1 Å². The molecule has 0 bridgehead atoms. The molecule has 1 aromatic carbocycles. The number of rotatable bonds is 9. The summed E-state index contributed by atoms with van der Waals surface area (Å²) in [5.41, 5.74) is 0.882. The van der Waals surface area contributed by atoms with E-state index in [1.807, 2.05) is 45.0 Å². The van der Waals surface area contributed by atoms with E-state index >= 15 is 0 Å². The molecule has 3 N–H and O–H groups in total. The van der Waals surface area contributed by atoms with Crippen molar-refractivity contribution in [1.29, 1.82) is 0 Å². The van der Waals surface area contributed by atoms with Crippen molar-refractivity contribution in [3.05, 3.63) is 24.3 Å². The van der Waals surface area contributed by atoms with Crippen molar-refractivity contribution in [2.75, 3.05) is 19.0 Å². The summed E-state index contributed by atoms with van der Waals surface area (Å²) in [7, 11) is 1.61. The van der Waals surface area contributed by atoms with Gasteiger partial charge in [-0.1, -0.05) is 38.5 Å². The fraction of sp³-hybridized carbons (Fsp3) is 0.474. The third-order valence-electron chi connectivity index (χ3n) is 4.04. The van der Waals surface area contributed by atoms with Crippen molar-refractivity contribution in [2.45, 2.75) is 39.7 Å². The topological polar surface area (TPSA) is 105 Å². The summed E-state index contributed by atoms with van der Waals surface area (Å²) < 4.78 is 5.14. The van der Waals surface area contributed by atoms with Crippen LogP contribution in [0.4, 0.5) is 9.93 Å². The Labute approximate surface area is 169 Å². The number of methoxy groups -OCH3 is 1. The zero-order valence-corrected chi connectivity index (χ0v) is 17.4. The van der Waals surface area contributed by atoms with Gasteiger partial charge in [0.25, 0.3) is 0 Å². The molecule has 0 spiro atoms. The molecule has 2 aromatic rings. The lowest BCUT2D eigenvalue weighted by molar-refractivity contribution is -0.118. The SMILES string of the molecule is CCCCNC(=O)NC(C(=O)Nc1nnc(-c2ccc(OC)cc2)s1)C(C)C. The predicted octanol–water partition coefficient (Wildman–Crippen LogP) is 3.28. The quantitative estimate of drug-likeness (QED) is 0.555. The summed E-state index contributed by atoms with van der Waals surface area (Å²) >= 11 is 1.27. The van der Waals surface area contributed by atoms with E-state index in [4.69, 9.17) is 4.74 Å². The highest BCUT2D eigenvalue weighted by molar-refractivity contribution is 7.18. The van der Waals surface area contributed by atoms with Crippen LogP contribution in [0.3, 0.4) is 0 Å². The van der Waals surface area contributed by atoms with E-state index in [0.29, 0.717) is 16.7 Å². The van der Waals surface area contributed by atoms with Gasteiger partial charge in [-0.2, -0.15) is 0 Å². The molecule has 1 unspecified atom stereocenters. The van der Waals surface area contributed by atoms with Gasteiger partial charge in [0.2, 0.25) is 11.0 Å². The average molecular weight is 406 g/mol. The van der Waals surface area contributed by atoms with Crippen LogP contribution in [0.25, 0.3) is 10.6 Å². The Morgan fingerprint density at radius 1 is 1.18 bits per heavy atom. The number of ether oxygens (including phenoxy) is 1. The minimum atomic E-state index is -0.671. The summed E-state index contributed by atoms with van der Waals surface area (Å²) in [6.07, 6.45) is 1.88. The average Bonchev–Trinajstić information content (AvgIpc) is 3.14. The second-order valence-corrected chi connectivity index (χ2v) is 7.58. The van der Waals surface area contributed by atoms with E-state index in [1.54, 1.807) is 7.11 Å². The number of urea groups is 1. The Hall–Kier alpha value is -2.68. The van der Waals surface area contributed by atoms with E-state index in [2.05, 4.69) is 26.1 Å². The Morgan fingerprint density at radius 2 is 1.89 bits per heavy atom. The lowest BCUT2D eigenvalue weighted by Crippen LogP contribution is -2.50. The first-order valence-electron chi connectivity index (χ1n) is 9.27. The van der Waals surface area contributed by atoms with Crippen molar-refractivity contribution in [1.82, 2.24) is 20.8 Å². The third-order valence-corrected chi connectivity index (χ3v) is 4.93. The first-order valence-corrected chi connectivity index (χ1v) is 10.1. The van der Waals surface area contributed by atoms with Crippen LogP contribution in [0.1, 0.15) is 33.6 Å². The van der Waals surface area contributed by atoms with E-state index in [1.165, 1.54) is 11.3 Å². The second kappa shape index (κ2) is 10.6. The second-order valence-electron chi connectivity index (χ2n) is 6.61. The van der Waals surface area contributed by atoms with Gasteiger partial charge in [0.05, 0.1) is 7.11 Å². The van der Waals surface area contributed by atoms with Gasteiger partial charge in [-0.05, 0) is 36.6 Å². The normalized spacial score (nSPS) is 11.8. The Morgan fingerprint density at radius 3 is 2.50 bits per heavy atom. The number of benzene rings is 1. The highest BCUT2D eigenvalue weighted by Gasteiger charge is 2.25. The molecule has 1 aromatic heterocycles. The van der Waals surface area contributed by atoms with Gasteiger partial charge >= 0.3 is 6.03 Å². The summed E-state index contributed by atoms with van der Waals surface area (Å²) in [5, 5.41) is 17.5. The fourth-order valence-corrected chi connectivity index (χ4v) is 3.17. The Balaban J connectivity index is 1.99. The molecule has 8 nitrogen and oxygen atoms in total. The monoisotopic (exact) mass is 405 g/mol. The molecule has 28 heavy (non-hydrogen) atoms. The number of amides is 3. The maximum Gasteiger partial charge on any atom is 0.315 e. The number of nitrogens with one attached hydrogen (secondary N) is 3. The number of hydrogen-bond acceptors (Lipinski definition) is 6. The fourth-order valence-electron chi connectivity index (χ4n) is 2.41. The molecule has 0 aliphatic carbocycles. The summed E-state index contributed by atoms with van der Waals surface area (Å²) in [6, 6.07) is 6.41. The molecule has 152 valence electrons. The van der Waals surface area contributed by atoms with Crippen molar-refractivity contribution in [2.24, 2.45) is 5.92 Å². The van der Waals surface area contributed by atoms with Crippen LogP contribution in [0.5, 0.6) is 5.75 Å². The number of carbonyl (C=O) groups is 2. The number of nitrogens with zero attached hydrogens (tertiary/aromatic N) is 2. The number of carbonyl (C=O) groups excluding carboxylic acids is 2. The highest BCUT2D eigenvalue weighted by Crippen LogP contribution is 2.27. The van der Waals surface area contributed by atoms with E-state index in [9.17, 15) is 9.59 Å². The number of aromatic nitrogens is 2. The zero-order valence-electron chi connectivity index (χ0n) is 16.6. The van der Waals surface area contributed by atoms with Crippen molar-refractivity contribution >= 4 is 28.4 Å². The molecule has 1 heterocycles. The Bertz CT molecular complexity index is 776. The number of anilines is 1. The molecule has 1 atom stereocenters. The molecular weight excluding hydrogens is 378 g/mol. The summed E-state index contributed by atoms with van der Waals surface area (Å²) in [5.74, 6) is 0.355. The molecule has 0 aliphatic rings. The van der Waals surface area contributed by atoms with Crippen LogP contribution in [0.15, 0.2) is 24.3 Å². The van der Waals surface area contributed by atoms with Crippen molar-refractivity contribution in [3.63, 3.8) is 0 Å². The highest BCUT2D eigenvalue weighted by atomic mass is 32.1. The first kappa shape index (κ1) is 21.6. The van der Waals surface area contributed by atoms with Crippen LogP contribution < -0.4 is 20.7 Å². The van der Waals surface area contributed by atoms with Gasteiger partial charge in [0.15, 0.2) is 0 Å². The zero-order chi connectivity index (χ0) is 20.5. The summed E-state index contributed by atoms with van der Waals surface area (Å²) in [4.78, 5) is 24.6. The number of hydrogen-bond donors (Lipinski definition) is 3. The van der Waals surface area contributed by atoms with E-state index in [0.717, 1.165) is 24.2 Å². The maximum atomic E-state index is 12.6. The van der Waals surface area contributed by atoms with Gasteiger partial charge in [-0.25, -0.2) is 4.79 Å². The standard InChI is InChI=1S/C19H27N5O3S/c1-5-6-11-20-18(26)21-15(12(2)3)16(25)22-19-24-23-17(28-19)13-7-9-14(27-4)10-8-13/h7-10,12,15H,5-6,11H2,1-4H3,(H2,20,21,26)(H,22,24,25). The van der Waals surface area contributed by atoms with Gasteiger partial charge in [0, 0.05) is 12.1 Å². The lowest BCUT2D eigenvalue weighted by atomic mass is 10.0. The van der Waals surface area contributed by atoms with E-state index in [-0.39, 0.29) is 17.9 Å². The van der Waals surface area contributed by atoms with Crippen molar-refractivity contribution in [3.8, 4) is 16.3 Å². The minimum Gasteiger partial charge on any atom is -0.497 e. The lowest BCUT2D eigenvalue weighted by Gasteiger charge is -2.21. The van der Waals surface area contributed by atoms with Gasteiger partial charge < -0.3 is 15.4 Å². The van der Waals surface area contributed by atoms with Crippen LogP contribution in [-0.4, -0.2) is 41.8 Å². The molecule has 0 saturated heterocycles.